The molecule has 1 atom stereocenters. The lowest BCUT2D eigenvalue weighted by atomic mass is 10.2. The van der Waals surface area contributed by atoms with Crippen molar-refractivity contribution in [2.45, 2.75) is 64.1 Å². The summed E-state index contributed by atoms with van der Waals surface area (Å²) >= 11 is 0. The first-order chi connectivity index (χ1) is 12.1. The zero-order chi connectivity index (χ0) is 17.4. The van der Waals surface area contributed by atoms with Crippen molar-refractivity contribution in [2.24, 2.45) is 0 Å². The Kier molecular flexibility index (Phi) is 4.60. The number of hydrogen-bond acceptors (Lipinski definition) is 7. The zero-order valence-corrected chi connectivity index (χ0v) is 15.3. The van der Waals surface area contributed by atoms with Gasteiger partial charge in [0.2, 0.25) is 11.8 Å². The van der Waals surface area contributed by atoms with E-state index < -0.39 is 0 Å². The summed E-state index contributed by atoms with van der Waals surface area (Å²) in [4.78, 5) is 13.7. The Labute approximate surface area is 148 Å². The smallest absolute Gasteiger partial charge is 0.240 e. The van der Waals surface area contributed by atoms with Crippen LogP contribution in [0.5, 0.6) is 0 Å². The van der Waals surface area contributed by atoms with Gasteiger partial charge in [0.1, 0.15) is 5.76 Å². The third-order valence-corrected chi connectivity index (χ3v) is 5.18. The fourth-order valence-corrected chi connectivity index (χ4v) is 3.35. The number of oxazole rings is 1. The van der Waals surface area contributed by atoms with E-state index >= 15 is 0 Å². The van der Waals surface area contributed by atoms with Gasteiger partial charge in [0.05, 0.1) is 19.3 Å². The van der Waals surface area contributed by atoms with E-state index in [0.717, 1.165) is 56.0 Å². The molecule has 3 heterocycles. The normalized spacial score (nSPS) is 21.7. The highest BCUT2D eigenvalue weighted by atomic mass is 16.5. The molecule has 0 unspecified atom stereocenters. The van der Waals surface area contributed by atoms with Crippen LogP contribution in [0.4, 0.5) is 0 Å². The maximum atomic E-state index is 5.83. The Morgan fingerprint density at radius 2 is 2.12 bits per heavy atom. The predicted octanol–water partition coefficient (Wildman–Crippen LogP) is 2.76. The Bertz CT molecular complexity index is 706. The van der Waals surface area contributed by atoms with Gasteiger partial charge in [-0.3, -0.25) is 9.80 Å². The lowest BCUT2D eigenvalue weighted by molar-refractivity contribution is 0.196. The lowest BCUT2D eigenvalue weighted by Crippen LogP contribution is -2.34. The molecule has 1 aliphatic carbocycles. The first-order valence-electron chi connectivity index (χ1n) is 9.28. The number of likely N-dealkylation sites (tertiary alicyclic amines) is 1. The van der Waals surface area contributed by atoms with Gasteiger partial charge in [-0.2, -0.15) is 4.98 Å². The van der Waals surface area contributed by atoms with Crippen molar-refractivity contribution in [1.82, 2.24) is 24.9 Å². The van der Waals surface area contributed by atoms with Crippen LogP contribution in [0.1, 0.15) is 68.3 Å². The van der Waals surface area contributed by atoms with Crippen LogP contribution in [0, 0.1) is 0 Å². The Balaban J connectivity index is 1.28. The van der Waals surface area contributed by atoms with E-state index in [1.54, 1.807) is 0 Å². The van der Waals surface area contributed by atoms with Gasteiger partial charge >= 0.3 is 0 Å². The fraction of sp³-hybridized carbons (Fsp3) is 0.722. The molecule has 4 rings (SSSR count). The van der Waals surface area contributed by atoms with Crippen LogP contribution in [0.25, 0.3) is 0 Å². The van der Waals surface area contributed by atoms with Crippen LogP contribution in [-0.4, -0.2) is 51.1 Å². The molecule has 7 heteroatoms. The van der Waals surface area contributed by atoms with Crippen molar-refractivity contribution in [3.05, 3.63) is 29.6 Å². The molecule has 7 nitrogen and oxygen atoms in total. The summed E-state index contributed by atoms with van der Waals surface area (Å²) in [5, 5.41) is 4.10. The number of rotatable bonds is 7. The summed E-state index contributed by atoms with van der Waals surface area (Å²) in [7, 11) is 2.14. The average molecular weight is 345 g/mol. The summed E-state index contributed by atoms with van der Waals surface area (Å²) in [6, 6.07) is 0.500. The molecule has 0 aromatic carbocycles. The minimum Gasteiger partial charge on any atom is -0.444 e. The van der Waals surface area contributed by atoms with Crippen molar-refractivity contribution < 1.29 is 8.94 Å². The van der Waals surface area contributed by atoms with Crippen LogP contribution in [0.2, 0.25) is 0 Å². The van der Waals surface area contributed by atoms with E-state index in [4.69, 9.17) is 8.94 Å². The summed E-state index contributed by atoms with van der Waals surface area (Å²) in [6.07, 6.45) is 5.39. The maximum Gasteiger partial charge on any atom is 0.240 e. The molecule has 2 aromatic rings. The second-order valence-electron chi connectivity index (χ2n) is 7.72. The topological polar surface area (TPSA) is 71.4 Å². The molecule has 1 saturated heterocycles. The van der Waals surface area contributed by atoms with Gasteiger partial charge in [0.25, 0.3) is 0 Å². The quantitative estimate of drug-likeness (QED) is 0.764. The molecule has 0 bridgehead atoms. The number of nitrogens with zero attached hydrogens (tertiary/aromatic N) is 5. The Hall–Kier alpha value is -1.73. The summed E-state index contributed by atoms with van der Waals surface area (Å²) in [6.45, 7) is 7.80. The van der Waals surface area contributed by atoms with Crippen LogP contribution in [0.15, 0.2) is 15.1 Å². The molecule has 1 saturated carbocycles. The second-order valence-corrected chi connectivity index (χ2v) is 7.72. The molecule has 25 heavy (non-hydrogen) atoms. The van der Waals surface area contributed by atoms with Crippen molar-refractivity contribution in [1.29, 1.82) is 0 Å². The van der Waals surface area contributed by atoms with Gasteiger partial charge < -0.3 is 8.94 Å². The number of aromatic nitrogens is 3. The zero-order valence-electron chi connectivity index (χ0n) is 15.3. The standard InChI is InChI=1S/C18H27N5O2/c1-12(2)15-8-19-16(24-15)10-22(3)14-6-7-23(9-14)11-17-20-18(21-25-17)13-4-5-13/h8,12-14H,4-7,9-11H2,1-3H3/t14-/m1/s1. The Morgan fingerprint density at radius 3 is 2.84 bits per heavy atom. The number of likely N-dealkylation sites (N-methyl/N-ethyl adjacent to an activating group) is 1. The van der Waals surface area contributed by atoms with Gasteiger partial charge in [-0.25, -0.2) is 4.98 Å². The molecular weight excluding hydrogens is 318 g/mol. The molecule has 136 valence electrons. The molecule has 0 amide bonds. The maximum absolute atomic E-state index is 5.83. The predicted molar refractivity (Wildman–Crippen MR) is 92.0 cm³/mol. The number of hydrogen-bond donors (Lipinski definition) is 0. The van der Waals surface area contributed by atoms with Gasteiger partial charge in [0, 0.05) is 31.0 Å². The van der Waals surface area contributed by atoms with E-state index in [-0.39, 0.29) is 0 Å². The van der Waals surface area contributed by atoms with Gasteiger partial charge in [-0.15, -0.1) is 0 Å². The van der Waals surface area contributed by atoms with Crippen molar-refractivity contribution in [3.8, 4) is 0 Å². The summed E-state index contributed by atoms with van der Waals surface area (Å²) in [5.41, 5.74) is 0. The minimum absolute atomic E-state index is 0.378. The molecule has 0 N–H and O–H groups in total. The van der Waals surface area contributed by atoms with Crippen LogP contribution in [0.3, 0.4) is 0 Å². The molecule has 0 radical (unpaired) electrons. The van der Waals surface area contributed by atoms with Crippen molar-refractivity contribution >= 4 is 0 Å². The van der Waals surface area contributed by atoms with E-state index in [1.165, 1.54) is 12.8 Å². The highest BCUT2D eigenvalue weighted by molar-refractivity contribution is 5.03. The minimum atomic E-state index is 0.378. The van der Waals surface area contributed by atoms with E-state index in [2.05, 4.69) is 45.8 Å². The van der Waals surface area contributed by atoms with Crippen molar-refractivity contribution in [2.75, 3.05) is 20.1 Å². The molecular formula is C18H27N5O2. The largest absolute Gasteiger partial charge is 0.444 e. The van der Waals surface area contributed by atoms with E-state index in [0.29, 0.717) is 17.9 Å². The first kappa shape index (κ1) is 16.7. The Morgan fingerprint density at radius 1 is 1.28 bits per heavy atom. The molecule has 2 fully saturated rings. The fourth-order valence-electron chi connectivity index (χ4n) is 3.35. The van der Waals surface area contributed by atoms with Gasteiger partial charge in [0.15, 0.2) is 5.82 Å². The van der Waals surface area contributed by atoms with Gasteiger partial charge in [-0.05, 0) is 26.3 Å². The van der Waals surface area contributed by atoms with Crippen LogP contribution in [-0.2, 0) is 13.1 Å². The summed E-state index contributed by atoms with van der Waals surface area (Å²) in [5.74, 6) is 4.33. The summed E-state index contributed by atoms with van der Waals surface area (Å²) < 4.78 is 11.2. The van der Waals surface area contributed by atoms with E-state index in [1.807, 2.05) is 6.20 Å². The van der Waals surface area contributed by atoms with Crippen LogP contribution >= 0.6 is 0 Å². The third-order valence-electron chi connectivity index (χ3n) is 5.18. The van der Waals surface area contributed by atoms with Gasteiger partial charge in [-0.1, -0.05) is 19.0 Å². The van der Waals surface area contributed by atoms with Crippen LogP contribution < -0.4 is 0 Å². The van der Waals surface area contributed by atoms with Crippen molar-refractivity contribution in [3.63, 3.8) is 0 Å². The SMILES string of the molecule is CC(C)c1cnc(CN(C)[C@@H]2CCN(Cc3nc(C4CC4)no3)C2)o1. The third kappa shape index (κ3) is 3.93. The molecule has 1 aliphatic heterocycles. The molecule has 2 aliphatic rings. The van der Waals surface area contributed by atoms with E-state index in [9.17, 15) is 0 Å². The highest BCUT2D eigenvalue weighted by Gasteiger charge is 2.31. The monoisotopic (exact) mass is 345 g/mol. The highest BCUT2D eigenvalue weighted by Crippen LogP contribution is 2.38. The second kappa shape index (κ2) is 6.88. The average Bonchev–Trinajstić information content (AvgIpc) is 3.01. The lowest BCUT2D eigenvalue weighted by Gasteiger charge is -2.23. The first-order valence-corrected chi connectivity index (χ1v) is 9.28. The molecule has 0 spiro atoms. The molecule has 2 aromatic heterocycles.